The Balaban J connectivity index is 2.33. The molecule has 1 unspecified atom stereocenters. The molecule has 1 amide bonds. The first-order valence-corrected chi connectivity index (χ1v) is 6.84. The maximum atomic E-state index is 12.5. The Labute approximate surface area is 114 Å². The van der Waals surface area contributed by atoms with Gasteiger partial charge in [-0.2, -0.15) is 0 Å². The van der Waals surface area contributed by atoms with Crippen molar-refractivity contribution in [2.24, 2.45) is 5.92 Å². The van der Waals surface area contributed by atoms with E-state index in [0.717, 1.165) is 11.3 Å². The minimum absolute atomic E-state index is 0.116. The molecule has 0 bridgehead atoms. The normalized spacial score (nSPS) is 17.7. The summed E-state index contributed by atoms with van der Waals surface area (Å²) in [6, 6.07) is 7.93. The number of ether oxygens (including phenoxy) is 1. The molecule has 0 saturated heterocycles. The highest BCUT2D eigenvalue weighted by Crippen LogP contribution is 2.30. The number of nitrogens with zero attached hydrogens (tertiary/aromatic N) is 1. The highest BCUT2D eigenvalue weighted by atomic mass is 16.5. The predicted molar refractivity (Wildman–Crippen MR) is 77.8 cm³/mol. The van der Waals surface area contributed by atoms with Crippen molar-refractivity contribution >= 4 is 17.7 Å². The molecule has 3 heteroatoms. The second-order valence-corrected chi connectivity index (χ2v) is 5.13. The molecule has 1 atom stereocenters. The molecule has 1 aliphatic heterocycles. The van der Waals surface area contributed by atoms with Gasteiger partial charge in [-0.1, -0.05) is 38.1 Å². The summed E-state index contributed by atoms with van der Waals surface area (Å²) >= 11 is 0. The zero-order valence-electron chi connectivity index (χ0n) is 11.8. The fourth-order valence-corrected chi connectivity index (χ4v) is 2.28. The van der Waals surface area contributed by atoms with Gasteiger partial charge in [0.1, 0.15) is 0 Å². The molecule has 1 aromatic rings. The van der Waals surface area contributed by atoms with E-state index in [1.165, 1.54) is 0 Å². The third-order valence-electron chi connectivity index (χ3n) is 3.08. The summed E-state index contributed by atoms with van der Waals surface area (Å²) in [6.07, 6.45) is 4.22. The van der Waals surface area contributed by atoms with Gasteiger partial charge in [0.15, 0.2) is 6.23 Å². The standard InChI is InChI=1S/C16H21NO2/c1-4-19-16-10-9-13-7-5-6-8-14(13)17(16)15(18)11-12(2)3/h5-10,12,16H,4,11H2,1-3H3. The molecule has 0 radical (unpaired) electrons. The number of anilines is 1. The van der Waals surface area contributed by atoms with Gasteiger partial charge in [-0.25, -0.2) is 0 Å². The Morgan fingerprint density at radius 3 is 2.79 bits per heavy atom. The van der Waals surface area contributed by atoms with Gasteiger partial charge in [-0.15, -0.1) is 0 Å². The van der Waals surface area contributed by atoms with Crippen LogP contribution < -0.4 is 4.90 Å². The maximum Gasteiger partial charge on any atom is 0.229 e. The van der Waals surface area contributed by atoms with Crippen molar-refractivity contribution in [2.45, 2.75) is 33.4 Å². The summed E-state index contributed by atoms with van der Waals surface area (Å²) in [4.78, 5) is 14.2. The predicted octanol–water partition coefficient (Wildman–Crippen LogP) is 3.46. The smallest absolute Gasteiger partial charge is 0.229 e. The van der Waals surface area contributed by atoms with Gasteiger partial charge >= 0.3 is 0 Å². The molecule has 19 heavy (non-hydrogen) atoms. The van der Waals surface area contributed by atoms with Crippen LogP contribution in [0.3, 0.4) is 0 Å². The number of benzene rings is 1. The number of carbonyl (C=O) groups excluding carboxylic acids is 1. The molecule has 1 heterocycles. The lowest BCUT2D eigenvalue weighted by molar-refractivity contribution is -0.121. The fraction of sp³-hybridized carbons (Fsp3) is 0.438. The molecule has 0 spiro atoms. The van der Waals surface area contributed by atoms with Gasteiger partial charge in [0, 0.05) is 13.0 Å². The van der Waals surface area contributed by atoms with Crippen LogP contribution in [0.1, 0.15) is 32.8 Å². The van der Waals surface area contributed by atoms with E-state index < -0.39 is 0 Å². The van der Waals surface area contributed by atoms with Crippen molar-refractivity contribution in [3.8, 4) is 0 Å². The van der Waals surface area contributed by atoms with Gasteiger partial charge in [-0.3, -0.25) is 9.69 Å². The monoisotopic (exact) mass is 259 g/mol. The molecule has 0 aromatic heterocycles. The van der Waals surface area contributed by atoms with Crippen molar-refractivity contribution < 1.29 is 9.53 Å². The van der Waals surface area contributed by atoms with E-state index in [1.807, 2.05) is 43.3 Å². The van der Waals surface area contributed by atoms with Crippen molar-refractivity contribution in [1.29, 1.82) is 0 Å². The van der Waals surface area contributed by atoms with Gasteiger partial charge < -0.3 is 4.74 Å². The zero-order valence-corrected chi connectivity index (χ0v) is 11.8. The van der Waals surface area contributed by atoms with Gasteiger partial charge in [0.05, 0.1) is 5.69 Å². The molecule has 2 rings (SSSR count). The number of amides is 1. The van der Waals surface area contributed by atoms with E-state index in [9.17, 15) is 4.79 Å². The molecule has 0 saturated carbocycles. The minimum Gasteiger partial charge on any atom is -0.354 e. The van der Waals surface area contributed by atoms with Crippen LogP contribution in [0, 0.1) is 5.92 Å². The fourth-order valence-electron chi connectivity index (χ4n) is 2.28. The Bertz CT molecular complexity index is 479. The van der Waals surface area contributed by atoms with E-state index in [1.54, 1.807) is 4.90 Å². The lowest BCUT2D eigenvalue weighted by Gasteiger charge is -2.34. The Hall–Kier alpha value is -1.61. The molecule has 1 aromatic carbocycles. The first-order valence-electron chi connectivity index (χ1n) is 6.84. The molecular formula is C16H21NO2. The first-order chi connectivity index (χ1) is 9.13. The van der Waals surface area contributed by atoms with Crippen LogP contribution in [0.5, 0.6) is 0 Å². The highest BCUT2D eigenvalue weighted by Gasteiger charge is 2.28. The Kier molecular flexibility index (Phi) is 4.38. The van der Waals surface area contributed by atoms with Gasteiger partial charge in [0.25, 0.3) is 0 Å². The lowest BCUT2D eigenvalue weighted by Crippen LogP contribution is -2.43. The molecular weight excluding hydrogens is 238 g/mol. The van der Waals surface area contributed by atoms with E-state index in [2.05, 4.69) is 13.8 Å². The molecule has 3 nitrogen and oxygen atoms in total. The Morgan fingerprint density at radius 2 is 2.11 bits per heavy atom. The van der Waals surface area contributed by atoms with Crippen LogP contribution in [0.25, 0.3) is 6.08 Å². The second-order valence-electron chi connectivity index (χ2n) is 5.13. The summed E-state index contributed by atoms with van der Waals surface area (Å²) < 4.78 is 5.67. The van der Waals surface area contributed by atoms with Crippen molar-refractivity contribution in [1.82, 2.24) is 0 Å². The molecule has 0 aliphatic carbocycles. The quantitative estimate of drug-likeness (QED) is 0.828. The third kappa shape index (κ3) is 3.04. The van der Waals surface area contributed by atoms with Gasteiger partial charge in [0.2, 0.25) is 5.91 Å². The van der Waals surface area contributed by atoms with Crippen LogP contribution in [-0.2, 0) is 9.53 Å². The lowest BCUT2D eigenvalue weighted by atomic mass is 10.0. The number of hydrogen-bond donors (Lipinski definition) is 0. The summed E-state index contributed by atoms with van der Waals surface area (Å²) in [5, 5.41) is 0. The van der Waals surface area contributed by atoms with E-state index >= 15 is 0 Å². The third-order valence-corrected chi connectivity index (χ3v) is 3.08. The largest absolute Gasteiger partial charge is 0.354 e. The van der Waals surface area contributed by atoms with E-state index in [-0.39, 0.29) is 12.1 Å². The zero-order chi connectivity index (χ0) is 13.8. The van der Waals surface area contributed by atoms with Gasteiger partial charge in [-0.05, 0) is 30.5 Å². The second kappa shape index (κ2) is 6.02. The summed E-state index contributed by atoms with van der Waals surface area (Å²) in [5.74, 6) is 0.457. The van der Waals surface area contributed by atoms with E-state index in [4.69, 9.17) is 4.74 Å². The molecule has 0 N–H and O–H groups in total. The summed E-state index contributed by atoms with van der Waals surface area (Å²) in [6.45, 7) is 6.64. The van der Waals surface area contributed by atoms with Crippen LogP contribution in [0.15, 0.2) is 30.3 Å². The van der Waals surface area contributed by atoms with Crippen LogP contribution in [0.2, 0.25) is 0 Å². The maximum absolute atomic E-state index is 12.5. The average molecular weight is 259 g/mol. The summed E-state index contributed by atoms with van der Waals surface area (Å²) in [5.41, 5.74) is 2.00. The number of carbonyl (C=O) groups is 1. The van der Waals surface area contributed by atoms with Crippen molar-refractivity contribution in [3.05, 3.63) is 35.9 Å². The topological polar surface area (TPSA) is 29.5 Å². The SMILES string of the molecule is CCOC1C=Cc2ccccc2N1C(=O)CC(C)C. The van der Waals surface area contributed by atoms with E-state index in [0.29, 0.717) is 18.9 Å². The van der Waals surface area contributed by atoms with Crippen LogP contribution in [-0.4, -0.2) is 18.7 Å². The van der Waals surface area contributed by atoms with Crippen molar-refractivity contribution in [3.63, 3.8) is 0 Å². The number of para-hydroxylation sites is 1. The summed E-state index contributed by atoms with van der Waals surface area (Å²) in [7, 11) is 0. The average Bonchev–Trinajstić information content (AvgIpc) is 2.37. The van der Waals surface area contributed by atoms with Crippen LogP contribution >= 0.6 is 0 Å². The van der Waals surface area contributed by atoms with Crippen molar-refractivity contribution in [2.75, 3.05) is 11.5 Å². The number of fused-ring (bicyclic) bond motifs is 1. The number of hydrogen-bond acceptors (Lipinski definition) is 2. The first kappa shape index (κ1) is 13.8. The molecule has 1 aliphatic rings. The highest BCUT2D eigenvalue weighted by molar-refractivity contribution is 5.97. The molecule has 102 valence electrons. The number of rotatable bonds is 4. The molecule has 0 fully saturated rings. The Morgan fingerprint density at radius 1 is 1.37 bits per heavy atom. The minimum atomic E-state index is -0.286. The van der Waals surface area contributed by atoms with Crippen LogP contribution in [0.4, 0.5) is 5.69 Å².